The van der Waals surface area contributed by atoms with Gasteiger partial charge in [-0.05, 0) is 51.3 Å². The van der Waals surface area contributed by atoms with E-state index < -0.39 is 15.8 Å². The molecule has 0 aliphatic carbocycles. The van der Waals surface area contributed by atoms with E-state index in [1.807, 2.05) is 19.0 Å². The van der Waals surface area contributed by atoms with Crippen molar-refractivity contribution in [3.8, 4) is 0 Å². The SMILES string of the molecule is CN(C)CCCN(C)S(=O)(=O)c1ccc(F)cc1. The fourth-order valence-electron chi connectivity index (χ4n) is 1.52. The van der Waals surface area contributed by atoms with Gasteiger partial charge in [-0.25, -0.2) is 17.1 Å². The van der Waals surface area contributed by atoms with Gasteiger partial charge in [0.2, 0.25) is 10.0 Å². The normalized spacial score (nSPS) is 12.3. The molecule has 0 unspecified atom stereocenters. The van der Waals surface area contributed by atoms with Gasteiger partial charge in [0, 0.05) is 13.6 Å². The van der Waals surface area contributed by atoms with Gasteiger partial charge in [0.15, 0.2) is 0 Å². The highest BCUT2D eigenvalue weighted by Crippen LogP contribution is 2.14. The molecule has 0 amide bonds. The molecule has 0 bridgehead atoms. The molecule has 0 atom stereocenters. The van der Waals surface area contributed by atoms with E-state index in [0.717, 1.165) is 25.1 Å². The highest BCUT2D eigenvalue weighted by Gasteiger charge is 2.20. The Labute approximate surface area is 108 Å². The first-order chi connectivity index (χ1) is 8.34. The maximum absolute atomic E-state index is 12.8. The molecule has 0 fully saturated rings. The Balaban J connectivity index is 2.71. The summed E-state index contributed by atoms with van der Waals surface area (Å²) in [6.45, 7) is 1.27. The van der Waals surface area contributed by atoms with E-state index in [2.05, 4.69) is 0 Å². The molecule has 0 spiro atoms. The van der Waals surface area contributed by atoms with Crippen LogP contribution < -0.4 is 0 Å². The minimum absolute atomic E-state index is 0.122. The van der Waals surface area contributed by atoms with Gasteiger partial charge in [0.1, 0.15) is 5.82 Å². The zero-order chi connectivity index (χ0) is 13.8. The summed E-state index contributed by atoms with van der Waals surface area (Å²) < 4.78 is 38.3. The predicted octanol–water partition coefficient (Wildman–Crippen LogP) is 1.40. The largest absolute Gasteiger partial charge is 0.309 e. The second-order valence-electron chi connectivity index (χ2n) is 4.44. The molecule has 0 saturated heterocycles. The summed E-state index contributed by atoms with van der Waals surface area (Å²) >= 11 is 0. The van der Waals surface area contributed by atoms with Crippen LogP contribution in [0, 0.1) is 5.82 Å². The first-order valence-electron chi connectivity index (χ1n) is 5.70. The lowest BCUT2D eigenvalue weighted by molar-refractivity contribution is 0.370. The molecule has 0 N–H and O–H groups in total. The molecule has 4 nitrogen and oxygen atoms in total. The van der Waals surface area contributed by atoms with Gasteiger partial charge in [-0.3, -0.25) is 0 Å². The number of nitrogens with zero attached hydrogens (tertiary/aromatic N) is 2. The van der Waals surface area contributed by atoms with Gasteiger partial charge in [-0.1, -0.05) is 0 Å². The summed E-state index contributed by atoms with van der Waals surface area (Å²) in [4.78, 5) is 2.12. The van der Waals surface area contributed by atoms with Gasteiger partial charge < -0.3 is 4.90 Å². The highest BCUT2D eigenvalue weighted by atomic mass is 32.2. The third kappa shape index (κ3) is 4.04. The van der Waals surface area contributed by atoms with E-state index in [9.17, 15) is 12.8 Å². The van der Waals surface area contributed by atoms with Crippen molar-refractivity contribution in [2.45, 2.75) is 11.3 Å². The predicted molar refractivity (Wildman–Crippen MR) is 69.4 cm³/mol. The molecule has 18 heavy (non-hydrogen) atoms. The molecule has 0 aromatic heterocycles. The maximum Gasteiger partial charge on any atom is 0.242 e. The maximum atomic E-state index is 12.8. The van der Waals surface area contributed by atoms with Crippen LogP contribution in [-0.2, 0) is 10.0 Å². The molecule has 102 valence electrons. The van der Waals surface area contributed by atoms with Crippen LogP contribution in [-0.4, -0.2) is 51.9 Å². The summed E-state index contributed by atoms with van der Waals surface area (Å²) in [5.74, 6) is -0.441. The summed E-state index contributed by atoms with van der Waals surface area (Å²) in [6.07, 6.45) is 0.754. The molecule has 1 aromatic carbocycles. The number of rotatable bonds is 6. The summed E-state index contributed by atoms with van der Waals surface area (Å²) in [6, 6.07) is 4.88. The number of sulfonamides is 1. The Hall–Kier alpha value is -0.980. The number of benzene rings is 1. The topological polar surface area (TPSA) is 40.6 Å². The molecule has 6 heteroatoms. The summed E-state index contributed by atoms with van der Waals surface area (Å²) in [5, 5.41) is 0. The molecule has 0 heterocycles. The first-order valence-corrected chi connectivity index (χ1v) is 7.14. The fourth-order valence-corrected chi connectivity index (χ4v) is 2.73. The Kier molecular flexibility index (Phi) is 5.25. The van der Waals surface area contributed by atoms with Crippen LogP contribution in [0.15, 0.2) is 29.2 Å². The van der Waals surface area contributed by atoms with Gasteiger partial charge >= 0.3 is 0 Å². The summed E-state index contributed by atoms with van der Waals surface area (Å²) in [5.41, 5.74) is 0. The van der Waals surface area contributed by atoms with Gasteiger partial charge in [-0.15, -0.1) is 0 Å². The van der Waals surface area contributed by atoms with Crippen molar-refractivity contribution in [3.05, 3.63) is 30.1 Å². The third-order valence-corrected chi connectivity index (χ3v) is 4.47. The number of hydrogen-bond donors (Lipinski definition) is 0. The zero-order valence-electron chi connectivity index (χ0n) is 10.9. The van der Waals surface area contributed by atoms with Gasteiger partial charge in [-0.2, -0.15) is 0 Å². The van der Waals surface area contributed by atoms with Crippen LogP contribution in [0.25, 0.3) is 0 Å². The van der Waals surface area contributed by atoms with Crippen molar-refractivity contribution < 1.29 is 12.8 Å². The van der Waals surface area contributed by atoms with Crippen molar-refractivity contribution in [1.29, 1.82) is 0 Å². The molecule has 1 aromatic rings. The van der Waals surface area contributed by atoms with E-state index in [0.29, 0.717) is 6.54 Å². The zero-order valence-corrected chi connectivity index (χ0v) is 11.7. The Morgan fingerprint density at radius 3 is 2.11 bits per heavy atom. The monoisotopic (exact) mass is 274 g/mol. The van der Waals surface area contributed by atoms with Crippen LogP contribution >= 0.6 is 0 Å². The molecule has 0 saturated carbocycles. The molecular weight excluding hydrogens is 255 g/mol. The van der Waals surface area contributed by atoms with Crippen LogP contribution in [0.4, 0.5) is 4.39 Å². The van der Waals surface area contributed by atoms with Crippen molar-refractivity contribution in [3.63, 3.8) is 0 Å². The third-order valence-electron chi connectivity index (χ3n) is 2.60. The molecular formula is C12H19FN2O2S. The van der Waals surface area contributed by atoms with Gasteiger partial charge in [0.05, 0.1) is 4.90 Å². The number of halogens is 1. The van der Waals surface area contributed by atoms with Crippen LogP contribution in [0.1, 0.15) is 6.42 Å². The smallest absolute Gasteiger partial charge is 0.242 e. The van der Waals surface area contributed by atoms with E-state index >= 15 is 0 Å². The fraction of sp³-hybridized carbons (Fsp3) is 0.500. The number of hydrogen-bond acceptors (Lipinski definition) is 3. The molecule has 0 radical (unpaired) electrons. The lowest BCUT2D eigenvalue weighted by Gasteiger charge is -2.18. The minimum atomic E-state index is -3.51. The average Bonchev–Trinajstić information content (AvgIpc) is 2.28. The Morgan fingerprint density at radius 1 is 1.06 bits per heavy atom. The summed E-state index contributed by atoms with van der Waals surface area (Å²) in [7, 11) is 1.91. The molecule has 0 aliphatic heterocycles. The quantitative estimate of drug-likeness (QED) is 0.787. The van der Waals surface area contributed by atoms with Crippen LogP contribution in [0.3, 0.4) is 0 Å². The van der Waals surface area contributed by atoms with Crippen LogP contribution in [0.2, 0.25) is 0 Å². The molecule has 0 aliphatic rings. The van der Waals surface area contributed by atoms with Crippen molar-refractivity contribution >= 4 is 10.0 Å². The van der Waals surface area contributed by atoms with Crippen LogP contribution in [0.5, 0.6) is 0 Å². The lowest BCUT2D eigenvalue weighted by atomic mass is 10.4. The second kappa shape index (κ2) is 6.26. The van der Waals surface area contributed by atoms with E-state index in [-0.39, 0.29) is 4.90 Å². The molecule has 1 rings (SSSR count). The minimum Gasteiger partial charge on any atom is -0.309 e. The van der Waals surface area contributed by atoms with Crippen molar-refractivity contribution in [1.82, 2.24) is 9.21 Å². The van der Waals surface area contributed by atoms with E-state index in [1.165, 1.54) is 23.5 Å². The standard InChI is InChI=1S/C12H19FN2O2S/c1-14(2)9-4-10-15(3)18(16,17)12-7-5-11(13)6-8-12/h5-8H,4,9-10H2,1-3H3. The first kappa shape index (κ1) is 15.1. The van der Waals surface area contributed by atoms with E-state index in [4.69, 9.17) is 0 Å². The van der Waals surface area contributed by atoms with Crippen molar-refractivity contribution in [2.75, 3.05) is 34.2 Å². The average molecular weight is 274 g/mol. The highest BCUT2D eigenvalue weighted by molar-refractivity contribution is 7.89. The van der Waals surface area contributed by atoms with Gasteiger partial charge in [0.25, 0.3) is 0 Å². The Bertz CT molecular complexity index is 471. The lowest BCUT2D eigenvalue weighted by Crippen LogP contribution is -2.29. The van der Waals surface area contributed by atoms with Crippen molar-refractivity contribution in [2.24, 2.45) is 0 Å². The second-order valence-corrected chi connectivity index (χ2v) is 6.48. The van der Waals surface area contributed by atoms with E-state index in [1.54, 1.807) is 0 Å². The Morgan fingerprint density at radius 2 is 1.61 bits per heavy atom.